The Bertz CT molecular complexity index is 1010. The number of hydrogen-bond donors (Lipinski definition) is 2. The first-order valence-electron chi connectivity index (χ1n) is 9.44. The predicted octanol–water partition coefficient (Wildman–Crippen LogP) is 2.57. The highest BCUT2D eigenvalue weighted by Gasteiger charge is 2.25. The Hall–Kier alpha value is -3.11. The molecule has 0 unspecified atom stereocenters. The van der Waals surface area contributed by atoms with Gasteiger partial charge >= 0.3 is 5.97 Å². The minimum absolute atomic E-state index is 0.0689. The van der Waals surface area contributed by atoms with E-state index in [9.17, 15) is 18.0 Å². The van der Waals surface area contributed by atoms with Crippen LogP contribution in [0.2, 0.25) is 0 Å². The molecule has 1 amide bonds. The summed E-state index contributed by atoms with van der Waals surface area (Å²) in [6, 6.07) is 10.2. The third-order valence-electron chi connectivity index (χ3n) is 4.11. The van der Waals surface area contributed by atoms with E-state index >= 15 is 0 Å². The summed E-state index contributed by atoms with van der Waals surface area (Å²) in [5, 5.41) is 2.58. The lowest BCUT2D eigenvalue weighted by Crippen LogP contribution is -2.31. The Balaban J connectivity index is 2.07. The summed E-state index contributed by atoms with van der Waals surface area (Å²) in [7, 11) is -0.827. The van der Waals surface area contributed by atoms with Crippen LogP contribution in [0.3, 0.4) is 0 Å². The molecule has 0 bridgehead atoms. The van der Waals surface area contributed by atoms with Crippen molar-refractivity contribution in [3.05, 3.63) is 48.0 Å². The molecule has 10 heteroatoms. The van der Waals surface area contributed by atoms with E-state index in [0.717, 1.165) is 0 Å². The van der Waals surface area contributed by atoms with Crippen molar-refractivity contribution in [1.82, 2.24) is 4.72 Å². The molecule has 0 spiro atoms. The molecule has 2 aromatic rings. The van der Waals surface area contributed by atoms with Crippen LogP contribution in [0.15, 0.2) is 47.4 Å². The number of carbonyl (C=O) groups is 2. The lowest BCUT2D eigenvalue weighted by atomic mass is 10.1. The maximum absolute atomic E-state index is 12.6. The second kappa shape index (κ2) is 10.3. The average Bonchev–Trinajstić information content (AvgIpc) is 2.72. The summed E-state index contributed by atoms with van der Waals surface area (Å²) in [6.45, 7) is 4.85. The van der Waals surface area contributed by atoms with Crippen molar-refractivity contribution in [3.8, 4) is 11.5 Å². The van der Waals surface area contributed by atoms with Gasteiger partial charge in [0.15, 0.2) is 6.10 Å². The summed E-state index contributed by atoms with van der Waals surface area (Å²) in [5.41, 5.74) is 0.422. The van der Waals surface area contributed by atoms with Crippen LogP contribution in [0.25, 0.3) is 0 Å². The highest BCUT2D eigenvalue weighted by molar-refractivity contribution is 7.89. The molecule has 0 aliphatic carbocycles. The molecule has 0 fully saturated rings. The molecule has 0 aliphatic rings. The number of anilines is 1. The second-order valence-electron chi connectivity index (χ2n) is 6.87. The molecule has 0 heterocycles. The van der Waals surface area contributed by atoms with Crippen LogP contribution in [0.1, 0.15) is 31.1 Å². The van der Waals surface area contributed by atoms with E-state index in [1.165, 1.54) is 45.4 Å². The summed E-state index contributed by atoms with van der Waals surface area (Å²) < 4.78 is 42.4. The van der Waals surface area contributed by atoms with Crippen LogP contribution in [0.4, 0.5) is 5.69 Å². The van der Waals surface area contributed by atoms with Gasteiger partial charge in [-0.2, -0.15) is 0 Å². The molecule has 9 nitrogen and oxygen atoms in total. The van der Waals surface area contributed by atoms with E-state index < -0.39 is 28.0 Å². The Morgan fingerprint density at radius 1 is 0.903 bits per heavy atom. The number of benzene rings is 2. The molecule has 2 N–H and O–H groups in total. The average molecular weight is 451 g/mol. The van der Waals surface area contributed by atoms with Crippen LogP contribution in [-0.4, -0.2) is 46.7 Å². The van der Waals surface area contributed by atoms with Gasteiger partial charge in [-0.05, 0) is 57.2 Å². The third-order valence-corrected chi connectivity index (χ3v) is 5.78. The molecule has 168 valence electrons. The van der Waals surface area contributed by atoms with E-state index in [0.29, 0.717) is 5.69 Å². The number of ether oxygens (including phenoxy) is 3. The van der Waals surface area contributed by atoms with Crippen molar-refractivity contribution in [2.75, 3.05) is 19.5 Å². The number of nitrogens with one attached hydrogen (secondary N) is 2. The van der Waals surface area contributed by atoms with Crippen molar-refractivity contribution in [2.45, 2.75) is 37.8 Å². The van der Waals surface area contributed by atoms with Gasteiger partial charge in [-0.15, -0.1) is 0 Å². The molecule has 0 radical (unpaired) electrons. The van der Waals surface area contributed by atoms with Crippen LogP contribution >= 0.6 is 0 Å². The van der Waals surface area contributed by atoms with E-state index in [2.05, 4.69) is 10.0 Å². The monoisotopic (exact) mass is 450 g/mol. The van der Waals surface area contributed by atoms with Gasteiger partial charge in [-0.3, -0.25) is 4.79 Å². The zero-order valence-electron chi connectivity index (χ0n) is 18.0. The number of rotatable bonds is 9. The molecular formula is C21H26N2O7S. The summed E-state index contributed by atoms with van der Waals surface area (Å²) in [5.74, 6) is -0.858. The van der Waals surface area contributed by atoms with Gasteiger partial charge in [0.25, 0.3) is 5.91 Å². The number of amides is 1. The molecule has 0 aromatic heterocycles. The quantitative estimate of drug-likeness (QED) is 0.564. The Labute approximate surface area is 181 Å². The molecule has 2 rings (SSSR count). The second-order valence-corrected chi connectivity index (χ2v) is 8.59. The first kappa shape index (κ1) is 24.2. The zero-order valence-corrected chi connectivity index (χ0v) is 18.8. The first-order chi connectivity index (χ1) is 14.6. The minimum atomic E-state index is -3.64. The smallest absolute Gasteiger partial charge is 0.346 e. The fourth-order valence-corrected chi connectivity index (χ4v) is 3.92. The number of methoxy groups -OCH3 is 2. The van der Waals surface area contributed by atoms with Gasteiger partial charge in [-0.1, -0.05) is 6.07 Å². The normalized spacial score (nSPS) is 12.2. The van der Waals surface area contributed by atoms with E-state index in [1.54, 1.807) is 32.0 Å². The molecule has 0 saturated carbocycles. The van der Waals surface area contributed by atoms with E-state index in [4.69, 9.17) is 14.2 Å². The SMILES string of the molecule is COc1cccc(OC)c1C(=O)O[C@@H](C)C(=O)Nc1ccc(S(=O)(=O)NC(C)C)cc1. The van der Waals surface area contributed by atoms with Crippen molar-refractivity contribution in [1.29, 1.82) is 0 Å². The van der Waals surface area contributed by atoms with Crippen molar-refractivity contribution in [2.24, 2.45) is 0 Å². The molecular weight excluding hydrogens is 424 g/mol. The lowest BCUT2D eigenvalue weighted by molar-refractivity contribution is -0.123. The van der Waals surface area contributed by atoms with Crippen LogP contribution < -0.4 is 19.5 Å². The molecule has 31 heavy (non-hydrogen) atoms. The topological polar surface area (TPSA) is 120 Å². The fraction of sp³-hybridized carbons (Fsp3) is 0.333. The minimum Gasteiger partial charge on any atom is -0.496 e. The molecule has 1 atom stereocenters. The lowest BCUT2D eigenvalue weighted by Gasteiger charge is -2.16. The van der Waals surface area contributed by atoms with Gasteiger partial charge in [-0.25, -0.2) is 17.9 Å². The summed E-state index contributed by atoms with van der Waals surface area (Å²) in [4.78, 5) is 25.1. The Morgan fingerprint density at radius 2 is 1.45 bits per heavy atom. The maximum atomic E-state index is 12.6. The van der Waals surface area contributed by atoms with E-state index in [1.807, 2.05) is 0 Å². The van der Waals surface area contributed by atoms with Gasteiger partial charge < -0.3 is 19.5 Å². The van der Waals surface area contributed by atoms with Gasteiger partial charge in [0.2, 0.25) is 10.0 Å². The van der Waals surface area contributed by atoms with Crippen molar-refractivity contribution >= 4 is 27.6 Å². The third kappa shape index (κ3) is 6.19. The Kier molecular flexibility index (Phi) is 8.01. The van der Waals surface area contributed by atoms with Crippen molar-refractivity contribution in [3.63, 3.8) is 0 Å². The molecule has 0 aliphatic heterocycles. The summed E-state index contributed by atoms with van der Waals surface area (Å²) in [6.07, 6.45) is -1.13. The number of carbonyl (C=O) groups excluding carboxylic acids is 2. The van der Waals surface area contributed by atoms with Crippen LogP contribution in [-0.2, 0) is 19.6 Å². The maximum Gasteiger partial charge on any atom is 0.346 e. The van der Waals surface area contributed by atoms with Crippen LogP contribution in [0.5, 0.6) is 11.5 Å². The largest absolute Gasteiger partial charge is 0.496 e. The summed E-state index contributed by atoms with van der Waals surface area (Å²) >= 11 is 0. The molecule has 0 saturated heterocycles. The standard InChI is InChI=1S/C21H26N2O7S/c1-13(2)23-31(26,27)16-11-9-15(10-12-16)22-20(24)14(3)30-21(25)19-17(28-4)7-6-8-18(19)29-5/h6-14,23H,1-5H3,(H,22,24)/t14-/m0/s1. The highest BCUT2D eigenvalue weighted by atomic mass is 32.2. The number of esters is 1. The number of hydrogen-bond acceptors (Lipinski definition) is 7. The highest BCUT2D eigenvalue weighted by Crippen LogP contribution is 2.29. The van der Waals surface area contributed by atoms with Crippen molar-refractivity contribution < 1.29 is 32.2 Å². The zero-order chi connectivity index (χ0) is 23.2. The van der Waals surface area contributed by atoms with E-state index in [-0.39, 0.29) is 28.0 Å². The first-order valence-corrected chi connectivity index (χ1v) is 10.9. The van der Waals surface area contributed by atoms with Gasteiger partial charge in [0, 0.05) is 11.7 Å². The van der Waals surface area contributed by atoms with Crippen LogP contribution in [0, 0.1) is 0 Å². The predicted molar refractivity (Wildman–Crippen MR) is 115 cm³/mol. The number of sulfonamides is 1. The molecule has 2 aromatic carbocycles. The Morgan fingerprint density at radius 3 is 1.94 bits per heavy atom. The fourth-order valence-electron chi connectivity index (χ4n) is 2.67. The van der Waals surface area contributed by atoms with Gasteiger partial charge in [0.1, 0.15) is 17.1 Å². The van der Waals surface area contributed by atoms with Gasteiger partial charge in [0.05, 0.1) is 19.1 Å².